The second-order valence-electron chi connectivity index (χ2n) is 5.88. The molecule has 2 saturated carbocycles. The van der Waals surface area contributed by atoms with Gasteiger partial charge in [0.15, 0.2) is 5.78 Å². The summed E-state index contributed by atoms with van der Waals surface area (Å²) in [5.74, 6) is 1.24. The van der Waals surface area contributed by atoms with Gasteiger partial charge in [0.2, 0.25) is 0 Å². The Balaban J connectivity index is 1.88. The Labute approximate surface area is 112 Å². The molecule has 2 aromatic rings. The number of aromatic amines is 1. The highest BCUT2D eigenvalue weighted by atomic mass is 16.1. The highest BCUT2D eigenvalue weighted by molar-refractivity contribution is 6.06. The molecule has 1 N–H and O–H groups in total. The first-order valence-electron chi connectivity index (χ1n) is 7.07. The Kier molecular flexibility index (Phi) is 2.22. The average molecular weight is 251 g/mol. The predicted octanol–water partition coefficient (Wildman–Crippen LogP) is 3.86. The van der Waals surface area contributed by atoms with E-state index in [0.29, 0.717) is 17.6 Å². The van der Waals surface area contributed by atoms with Crippen molar-refractivity contribution in [3.8, 4) is 0 Å². The molecule has 0 aliphatic heterocycles. The number of hydrogen-bond donors (Lipinski definition) is 1. The maximum Gasteiger partial charge on any atom is 0.162 e. The van der Waals surface area contributed by atoms with E-state index in [1.54, 1.807) is 0 Å². The van der Waals surface area contributed by atoms with Gasteiger partial charge in [-0.1, -0.05) is 18.2 Å². The van der Waals surface area contributed by atoms with Crippen molar-refractivity contribution in [2.24, 2.45) is 11.8 Å². The Morgan fingerprint density at radius 2 is 2.00 bits per heavy atom. The van der Waals surface area contributed by atoms with Gasteiger partial charge in [0.1, 0.15) is 0 Å². The number of benzene rings is 1. The maximum atomic E-state index is 12.3. The Morgan fingerprint density at radius 1 is 1.21 bits per heavy atom. The van der Waals surface area contributed by atoms with Crippen molar-refractivity contribution in [2.75, 3.05) is 0 Å². The fraction of sp³-hybridized carbons (Fsp3) is 0.353. The molecule has 2 bridgehead atoms. The molecule has 1 heterocycles. The van der Waals surface area contributed by atoms with E-state index in [4.69, 9.17) is 0 Å². The molecule has 2 aliphatic carbocycles. The van der Waals surface area contributed by atoms with Crippen LogP contribution >= 0.6 is 0 Å². The largest absolute Gasteiger partial charge is 0.358 e. The van der Waals surface area contributed by atoms with Crippen LogP contribution in [-0.4, -0.2) is 10.8 Å². The molecule has 2 fully saturated rings. The number of Topliss-reactive ketones (excluding diaryl/α,β-unsaturated/α-hetero) is 1. The second-order valence-corrected chi connectivity index (χ2v) is 5.88. The van der Waals surface area contributed by atoms with Gasteiger partial charge >= 0.3 is 0 Å². The molecular weight excluding hydrogens is 234 g/mol. The van der Waals surface area contributed by atoms with Gasteiger partial charge in [-0.3, -0.25) is 4.79 Å². The summed E-state index contributed by atoms with van der Waals surface area (Å²) in [7, 11) is 0. The van der Waals surface area contributed by atoms with Crippen molar-refractivity contribution in [3.05, 3.63) is 41.1 Å². The molecule has 0 saturated heterocycles. The molecule has 1 aromatic heterocycles. The van der Waals surface area contributed by atoms with Crippen LogP contribution in [0.15, 0.2) is 29.8 Å². The van der Waals surface area contributed by atoms with E-state index < -0.39 is 0 Å². The second kappa shape index (κ2) is 3.83. The number of rotatable bonds is 1. The summed E-state index contributed by atoms with van der Waals surface area (Å²) in [4.78, 5) is 15.7. The van der Waals surface area contributed by atoms with E-state index in [1.165, 1.54) is 17.4 Å². The minimum Gasteiger partial charge on any atom is -0.358 e. The van der Waals surface area contributed by atoms with E-state index in [9.17, 15) is 4.79 Å². The molecule has 2 atom stereocenters. The number of hydrogen-bond acceptors (Lipinski definition) is 1. The lowest BCUT2D eigenvalue weighted by Gasteiger charge is -2.12. The van der Waals surface area contributed by atoms with Crippen molar-refractivity contribution < 1.29 is 4.79 Å². The maximum absolute atomic E-state index is 12.3. The van der Waals surface area contributed by atoms with Crippen LogP contribution < -0.4 is 0 Å². The van der Waals surface area contributed by atoms with Crippen molar-refractivity contribution in [1.29, 1.82) is 0 Å². The van der Waals surface area contributed by atoms with E-state index >= 15 is 0 Å². The smallest absolute Gasteiger partial charge is 0.162 e. The van der Waals surface area contributed by atoms with E-state index in [-0.39, 0.29) is 0 Å². The first-order valence-corrected chi connectivity index (χ1v) is 7.07. The average Bonchev–Trinajstić information content (AvgIpc) is 3.06. The third kappa shape index (κ3) is 1.52. The van der Waals surface area contributed by atoms with E-state index in [0.717, 1.165) is 29.6 Å². The molecule has 4 rings (SSSR count). The van der Waals surface area contributed by atoms with Gasteiger partial charge in [0.25, 0.3) is 0 Å². The molecule has 0 spiro atoms. The summed E-state index contributed by atoms with van der Waals surface area (Å²) < 4.78 is 0. The van der Waals surface area contributed by atoms with Gasteiger partial charge in [-0.15, -0.1) is 0 Å². The van der Waals surface area contributed by atoms with Crippen molar-refractivity contribution in [1.82, 2.24) is 4.98 Å². The Hall–Kier alpha value is -1.83. The standard InChI is InChI=1S/C17H17NO/c1-10-14(13-4-2-3-5-16(13)18-10)9-15-11-6-7-12(8-11)17(15)19/h2-5,9,11-12,18H,6-8H2,1H3. The lowest BCUT2D eigenvalue weighted by molar-refractivity contribution is -0.118. The quantitative estimate of drug-likeness (QED) is 0.767. The third-order valence-corrected chi connectivity index (χ3v) is 4.77. The lowest BCUT2D eigenvalue weighted by atomic mass is 9.91. The summed E-state index contributed by atoms with van der Waals surface area (Å²) in [5, 5.41) is 1.23. The number of fused-ring (bicyclic) bond motifs is 3. The normalized spacial score (nSPS) is 27.8. The highest BCUT2D eigenvalue weighted by Gasteiger charge is 2.42. The van der Waals surface area contributed by atoms with Crippen molar-refractivity contribution in [3.63, 3.8) is 0 Å². The van der Waals surface area contributed by atoms with Crippen LogP contribution in [0.4, 0.5) is 0 Å². The lowest BCUT2D eigenvalue weighted by Crippen LogP contribution is -2.11. The molecule has 2 nitrogen and oxygen atoms in total. The molecule has 96 valence electrons. The zero-order chi connectivity index (χ0) is 13.0. The summed E-state index contributed by atoms with van der Waals surface area (Å²) in [6.45, 7) is 2.09. The first-order chi connectivity index (χ1) is 9.24. The molecule has 1 aromatic carbocycles. The summed E-state index contributed by atoms with van der Waals surface area (Å²) >= 11 is 0. The third-order valence-electron chi connectivity index (χ3n) is 4.77. The van der Waals surface area contributed by atoms with E-state index in [1.807, 2.05) is 6.07 Å². The number of ketones is 1. The highest BCUT2D eigenvalue weighted by Crippen LogP contribution is 2.46. The molecule has 2 heteroatoms. The molecule has 2 unspecified atom stereocenters. The molecular formula is C17H17NO. The van der Waals surface area contributed by atoms with Crippen molar-refractivity contribution in [2.45, 2.75) is 26.2 Å². The fourth-order valence-corrected chi connectivity index (χ4v) is 3.77. The number of allylic oxidation sites excluding steroid dienone is 1. The SMILES string of the molecule is Cc1[nH]c2ccccc2c1C=C1C(=O)C2CCC1C2. The van der Waals surface area contributed by atoms with Crippen LogP contribution in [0.2, 0.25) is 0 Å². The van der Waals surface area contributed by atoms with Crippen molar-refractivity contribution >= 4 is 22.8 Å². The number of carbonyl (C=O) groups excluding carboxylic acids is 1. The van der Waals surface area contributed by atoms with Crippen LogP contribution in [0, 0.1) is 18.8 Å². The topological polar surface area (TPSA) is 32.9 Å². The minimum atomic E-state index is 0.321. The molecule has 0 radical (unpaired) electrons. The molecule has 19 heavy (non-hydrogen) atoms. The Morgan fingerprint density at radius 3 is 2.79 bits per heavy atom. The monoisotopic (exact) mass is 251 g/mol. The number of nitrogens with one attached hydrogen (secondary N) is 1. The molecule has 2 aliphatic rings. The Bertz CT molecular complexity index is 707. The van der Waals surface area contributed by atoms with Gasteiger partial charge in [0.05, 0.1) is 0 Å². The number of aromatic nitrogens is 1. The van der Waals surface area contributed by atoms with Crippen LogP contribution in [0.25, 0.3) is 17.0 Å². The summed E-state index contributed by atoms with van der Waals surface area (Å²) in [5.41, 5.74) is 4.59. The zero-order valence-corrected chi connectivity index (χ0v) is 11.1. The summed E-state index contributed by atoms with van der Waals surface area (Å²) in [6.07, 6.45) is 5.55. The van der Waals surface area contributed by atoms with E-state index in [2.05, 4.69) is 36.2 Å². The number of H-pyrrole nitrogens is 1. The van der Waals surface area contributed by atoms with Crippen LogP contribution in [0.3, 0.4) is 0 Å². The van der Waals surface area contributed by atoms with Gasteiger partial charge in [-0.25, -0.2) is 0 Å². The fourth-order valence-electron chi connectivity index (χ4n) is 3.77. The van der Waals surface area contributed by atoms with Crippen LogP contribution in [-0.2, 0) is 4.79 Å². The van der Waals surface area contributed by atoms with Crippen LogP contribution in [0.5, 0.6) is 0 Å². The van der Waals surface area contributed by atoms with Gasteiger partial charge < -0.3 is 4.98 Å². The number of para-hydroxylation sites is 1. The number of aryl methyl sites for hydroxylation is 1. The first kappa shape index (κ1) is 11.0. The summed E-state index contributed by atoms with van der Waals surface area (Å²) in [6, 6.07) is 8.31. The van der Waals surface area contributed by atoms with Gasteiger partial charge in [-0.2, -0.15) is 0 Å². The number of carbonyl (C=O) groups is 1. The molecule has 0 amide bonds. The van der Waals surface area contributed by atoms with Crippen LogP contribution in [0.1, 0.15) is 30.5 Å². The zero-order valence-electron chi connectivity index (χ0n) is 11.1. The predicted molar refractivity (Wildman–Crippen MR) is 76.9 cm³/mol. The minimum absolute atomic E-state index is 0.321. The van der Waals surface area contributed by atoms with Gasteiger partial charge in [0, 0.05) is 28.1 Å². The van der Waals surface area contributed by atoms with Gasteiger partial charge in [-0.05, 0) is 49.8 Å².